The number of H-pyrrole nitrogens is 1. The lowest BCUT2D eigenvalue weighted by Crippen LogP contribution is -2.33. The van der Waals surface area contributed by atoms with E-state index < -0.39 is 59.0 Å². The summed E-state index contributed by atoms with van der Waals surface area (Å²) in [6.07, 6.45) is -2.06. The number of aromatic nitrogens is 2. The largest absolute Gasteiger partial charge is 0.488 e. The lowest BCUT2D eigenvalue weighted by Gasteiger charge is -2.19. The number of ether oxygens (including phenoxy) is 1. The van der Waals surface area contributed by atoms with Gasteiger partial charge in [-0.25, -0.2) is 18.2 Å². The van der Waals surface area contributed by atoms with E-state index >= 15 is 0 Å². The van der Waals surface area contributed by atoms with Crippen LogP contribution in [0, 0.1) is 6.92 Å². The Hall–Kier alpha value is -1.76. The summed E-state index contributed by atoms with van der Waals surface area (Å²) in [5.74, 6) is 0. The minimum atomic E-state index is -5.58. The summed E-state index contributed by atoms with van der Waals surface area (Å²) >= 11 is 0. The summed E-state index contributed by atoms with van der Waals surface area (Å²) in [7, 11) is -16.0. The van der Waals surface area contributed by atoms with Crippen molar-refractivity contribution in [3.8, 4) is 0 Å². The fourth-order valence-corrected chi connectivity index (χ4v) is 6.44. The van der Waals surface area contributed by atoms with E-state index in [4.69, 9.17) is 20.1 Å². The van der Waals surface area contributed by atoms with Crippen LogP contribution in [0.25, 0.3) is 10.4 Å². The van der Waals surface area contributed by atoms with Gasteiger partial charge in [0.1, 0.15) is 6.23 Å². The molecule has 2 rings (SSSR count). The first-order chi connectivity index (χ1) is 14.1. The van der Waals surface area contributed by atoms with Crippen LogP contribution in [-0.4, -0.2) is 47.4 Å². The monoisotopic (exact) mass is 577 g/mol. The van der Waals surface area contributed by atoms with E-state index in [0.29, 0.717) is 0 Å². The summed E-state index contributed by atoms with van der Waals surface area (Å²) in [5, 5.41) is 3.50. The second-order valence-corrected chi connectivity index (χ2v) is 11.3. The van der Waals surface area contributed by atoms with Crippen molar-refractivity contribution in [1.82, 2.24) is 34.2 Å². The zero-order valence-electron chi connectivity index (χ0n) is 19.6. The first-order valence-corrected chi connectivity index (χ1v) is 13.1. The van der Waals surface area contributed by atoms with Crippen molar-refractivity contribution in [3.05, 3.63) is 43.0 Å². The summed E-state index contributed by atoms with van der Waals surface area (Å²) in [4.78, 5) is 64.2. The van der Waals surface area contributed by atoms with Crippen LogP contribution < -0.4 is 35.9 Å². The van der Waals surface area contributed by atoms with E-state index in [1.807, 2.05) is 0 Å². The topological polar surface area (TPSA) is 409 Å². The van der Waals surface area contributed by atoms with Gasteiger partial charge in [-0.1, -0.05) is 5.11 Å². The van der Waals surface area contributed by atoms with Crippen LogP contribution in [0.5, 0.6) is 0 Å². The molecule has 0 aliphatic carbocycles. The lowest BCUT2D eigenvalue weighted by molar-refractivity contribution is -0.00429. The summed E-state index contributed by atoms with van der Waals surface area (Å²) in [6.45, 7) is 1.44. The van der Waals surface area contributed by atoms with Crippen LogP contribution in [0.4, 0.5) is 0 Å². The number of nitrogens with zero attached hydrogens (tertiary/aromatic N) is 4. The van der Waals surface area contributed by atoms with Gasteiger partial charge in [0, 0.05) is 23.1 Å². The fraction of sp³-hybridized carbons (Fsp3) is 0.636. The molecule has 2 heterocycles. The zero-order chi connectivity index (χ0) is 23.6. The third-order valence-corrected chi connectivity index (χ3v) is 8.34. The third-order valence-electron chi connectivity index (χ3n) is 4.00. The second-order valence-electron chi connectivity index (χ2n) is 6.39. The summed E-state index contributed by atoms with van der Waals surface area (Å²) in [6, 6.07) is -0.915. The molecular formula is C11H34N9O12P3+4. The van der Waals surface area contributed by atoms with Gasteiger partial charge in [-0.3, -0.25) is 18.9 Å². The van der Waals surface area contributed by atoms with Gasteiger partial charge in [-0.2, -0.15) is 4.31 Å². The molecule has 1 saturated heterocycles. The molecule has 0 saturated carbocycles. The molecular weight excluding hydrogens is 543 g/mol. The Morgan fingerprint density at radius 2 is 1.74 bits per heavy atom. The number of azide groups is 1. The van der Waals surface area contributed by atoms with Crippen LogP contribution in [0.2, 0.25) is 0 Å². The fourth-order valence-electron chi connectivity index (χ4n) is 2.78. The molecule has 1 aliphatic heterocycles. The van der Waals surface area contributed by atoms with Crippen molar-refractivity contribution >= 4 is 23.2 Å². The Morgan fingerprint density at radius 3 is 2.26 bits per heavy atom. The quantitative estimate of drug-likeness (QED) is 0.0881. The van der Waals surface area contributed by atoms with E-state index in [1.54, 1.807) is 0 Å². The molecule has 0 bridgehead atoms. The minimum Gasteiger partial charge on any atom is -0.369 e. The van der Waals surface area contributed by atoms with E-state index in [2.05, 4.69) is 23.6 Å². The van der Waals surface area contributed by atoms with E-state index in [9.17, 15) is 33.1 Å². The normalized spacial score (nSPS) is 22.5. The average Bonchev–Trinajstić information content (AvgIpc) is 2.96. The molecule has 35 heavy (non-hydrogen) atoms. The van der Waals surface area contributed by atoms with Gasteiger partial charge in [0.05, 0.1) is 18.3 Å². The van der Waals surface area contributed by atoms with Crippen LogP contribution >= 0.6 is 23.2 Å². The van der Waals surface area contributed by atoms with Gasteiger partial charge < -0.3 is 48.9 Å². The Morgan fingerprint density at radius 1 is 1.17 bits per heavy atom. The maximum Gasteiger partial charge on any atom is 0.488 e. The molecule has 0 amide bonds. The van der Waals surface area contributed by atoms with Crippen LogP contribution in [0.3, 0.4) is 0 Å². The molecule has 21 N–H and O–H groups in total. The SMILES string of the molecule is Cc1cn([C@H]2C[C@H](N=[N+]=[N-])[C@@H](CCP(=O)(O)OP(=O)(O)OP(=O)(O)O)O2)c(=O)[nH]c1=O.[NH4+].[NH4+].[NH4+].[NH4+]. The molecule has 2 unspecified atom stereocenters. The van der Waals surface area contributed by atoms with Crippen molar-refractivity contribution in [2.45, 2.75) is 38.1 Å². The molecule has 5 atom stereocenters. The molecule has 1 aromatic heterocycles. The highest BCUT2D eigenvalue weighted by Gasteiger charge is 2.42. The van der Waals surface area contributed by atoms with Crippen LogP contribution in [-0.2, 0) is 27.1 Å². The number of hydrogen-bond donors (Lipinski definition) is 9. The molecule has 1 aliphatic rings. The number of nitrogens with one attached hydrogen (secondary N) is 1. The average molecular weight is 577 g/mol. The number of hydrogen-bond acceptors (Lipinski definition) is 9. The predicted octanol–water partition coefficient (Wildman–Crippen LogP) is 2.12. The third kappa shape index (κ3) is 11.2. The molecule has 206 valence electrons. The van der Waals surface area contributed by atoms with Gasteiger partial charge in [0.25, 0.3) is 5.56 Å². The maximum absolute atomic E-state index is 12.0. The Balaban J connectivity index is -0.00000256. The predicted molar refractivity (Wildman–Crippen MR) is 125 cm³/mol. The molecule has 1 aromatic rings. The van der Waals surface area contributed by atoms with Crippen molar-refractivity contribution in [1.29, 1.82) is 0 Å². The van der Waals surface area contributed by atoms with Gasteiger partial charge in [-0.05, 0) is 18.9 Å². The number of aryl methyl sites for hydroxylation is 1. The van der Waals surface area contributed by atoms with Crippen molar-refractivity contribution < 1.29 is 46.6 Å². The smallest absolute Gasteiger partial charge is 0.369 e. The molecule has 24 heteroatoms. The van der Waals surface area contributed by atoms with Crippen LogP contribution in [0.15, 0.2) is 20.9 Å². The Kier molecular flexibility index (Phi) is 15.2. The lowest BCUT2D eigenvalue weighted by atomic mass is 10.1. The van der Waals surface area contributed by atoms with Gasteiger partial charge in [0.15, 0.2) is 0 Å². The van der Waals surface area contributed by atoms with E-state index in [-0.39, 0.29) is 43.0 Å². The molecule has 0 radical (unpaired) electrons. The van der Waals surface area contributed by atoms with E-state index in [1.165, 1.54) is 13.1 Å². The zero-order valence-corrected chi connectivity index (χ0v) is 22.3. The molecule has 0 aromatic carbocycles. The van der Waals surface area contributed by atoms with Gasteiger partial charge in [-0.15, -0.1) is 0 Å². The number of quaternary nitrogens is 4. The van der Waals surface area contributed by atoms with Crippen molar-refractivity contribution in [3.63, 3.8) is 0 Å². The highest BCUT2D eigenvalue weighted by atomic mass is 31.3. The van der Waals surface area contributed by atoms with Gasteiger partial charge >= 0.3 is 28.9 Å². The van der Waals surface area contributed by atoms with Crippen molar-refractivity contribution in [2.75, 3.05) is 6.16 Å². The van der Waals surface area contributed by atoms with Crippen molar-refractivity contribution in [2.24, 2.45) is 5.11 Å². The first kappa shape index (κ1) is 37.8. The van der Waals surface area contributed by atoms with Crippen LogP contribution in [0.1, 0.15) is 24.6 Å². The first-order valence-electron chi connectivity index (χ1n) is 8.27. The molecule has 21 nitrogen and oxygen atoms in total. The summed E-state index contributed by atoms with van der Waals surface area (Å²) in [5.41, 5.74) is 7.52. The second kappa shape index (κ2) is 14.1. The maximum atomic E-state index is 12.0. The Bertz CT molecular complexity index is 1140. The molecule has 0 spiro atoms. The highest BCUT2D eigenvalue weighted by Crippen LogP contribution is 2.66. The van der Waals surface area contributed by atoms with E-state index in [0.717, 1.165) is 4.57 Å². The highest BCUT2D eigenvalue weighted by molar-refractivity contribution is 7.68. The minimum absolute atomic E-state index is 0. The number of phosphoric acid groups is 2. The standard InChI is InChI=1S/C11H18N5O12P3.4H3N/c1-6-5-16(11(18)13-10(6)17)9-4-7(14-15-12)8(26-9)2-3-29(19,20)27-31(24,25)28-30(21,22)23;;;;/h5,7-9H,2-4H2,1H3,(H,19,20)(H,24,25)(H,13,17,18)(H2,21,22,23);4*1H3/p+4/t7-,8+,9+;;;;/m0..../s1. The summed E-state index contributed by atoms with van der Waals surface area (Å²) < 4.78 is 48.2. The molecule has 1 fully saturated rings. The Labute approximate surface area is 197 Å². The number of rotatable bonds is 9. The number of aromatic amines is 1. The van der Waals surface area contributed by atoms with Gasteiger partial charge in [0.2, 0.25) is 0 Å².